The number of nitrogens with one attached hydrogen (secondary N) is 2. The summed E-state index contributed by atoms with van der Waals surface area (Å²) in [5.74, 6) is -2.69. The number of anilines is 1. The fourth-order valence-electron chi connectivity index (χ4n) is 2.02. The van der Waals surface area contributed by atoms with Crippen LogP contribution in [0.5, 0.6) is 0 Å². The molecular weight excluding hydrogens is 267 g/mol. The van der Waals surface area contributed by atoms with Gasteiger partial charge in [-0.2, -0.15) is 0 Å². The third kappa shape index (κ3) is 3.52. The Hall–Kier alpha value is -1.99. The van der Waals surface area contributed by atoms with Gasteiger partial charge in [-0.3, -0.25) is 4.79 Å². The molecule has 1 unspecified atom stereocenters. The summed E-state index contributed by atoms with van der Waals surface area (Å²) in [7, 11) is 0. The van der Waals surface area contributed by atoms with E-state index < -0.39 is 17.3 Å². The Morgan fingerprint density at radius 3 is 2.95 bits per heavy atom. The minimum absolute atomic E-state index is 0.0424. The van der Waals surface area contributed by atoms with E-state index in [2.05, 4.69) is 10.6 Å². The van der Waals surface area contributed by atoms with E-state index >= 15 is 0 Å². The van der Waals surface area contributed by atoms with Crippen molar-refractivity contribution in [3.8, 4) is 0 Å². The third-order valence-electron chi connectivity index (χ3n) is 2.93. The topological polar surface area (TPSA) is 87.7 Å². The monoisotopic (exact) mass is 282 g/mol. The largest absolute Gasteiger partial charge is 0.478 e. The molecule has 7 heteroatoms. The van der Waals surface area contributed by atoms with Gasteiger partial charge in [0.25, 0.3) is 0 Å². The summed E-state index contributed by atoms with van der Waals surface area (Å²) in [4.78, 5) is 22.8. The van der Waals surface area contributed by atoms with Gasteiger partial charge in [0.2, 0.25) is 5.91 Å². The smallest absolute Gasteiger partial charge is 0.340 e. The number of aromatic carboxylic acids is 1. The van der Waals surface area contributed by atoms with Crippen molar-refractivity contribution in [2.24, 2.45) is 0 Å². The maximum Gasteiger partial charge on any atom is 0.340 e. The molecule has 20 heavy (non-hydrogen) atoms. The standard InChI is InChI=1S/C13H15FN2O4/c14-9-2-1-3-10(12(9)13(18)19)16-11(17)6-8-7-20-5-4-15-8/h1-3,8,15H,4-7H2,(H,16,17)(H,18,19). The van der Waals surface area contributed by atoms with Gasteiger partial charge >= 0.3 is 5.97 Å². The van der Waals surface area contributed by atoms with E-state index in [1.165, 1.54) is 12.1 Å². The maximum atomic E-state index is 13.4. The quantitative estimate of drug-likeness (QED) is 0.761. The molecule has 0 aromatic heterocycles. The summed E-state index contributed by atoms with van der Waals surface area (Å²) >= 11 is 0. The zero-order valence-corrected chi connectivity index (χ0v) is 10.7. The van der Waals surface area contributed by atoms with Crippen LogP contribution in [-0.4, -0.2) is 42.8 Å². The SMILES string of the molecule is O=C(CC1COCCN1)Nc1cccc(F)c1C(=O)O. The van der Waals surface area contributed by atoms with Gasteiger partial charge in [-0.1, -0.05) is 6.07 Å². The molecule has 3 N–H and O–H groups in total. The summed E-state index contributed by atoms with van der Waals surface area (Å²) in [5.41, 5.74) is -0.576. The van der Waals surface area contributed by atoms with Gasteiger partial charge < -0.3 is 20.5 Å². The number of rotatable bonds is 4. The Labute approximate surface area is 114 Å². The van der Waals surface area contributed by atoms with Crippen LogP contribution in [0.3, 0.4) is 0 Å². The summed E-state index contributed by atoms with van der Waals surface area (Å²) in [6.07, 6.45) is 0.134. The normalized spacial score (nSPS) is 18.6. The predicted molar refractivity (Wildman–Crippen MR) is 69.2 cm³/mol. The molecule has 0 aliphatic carbocycles. The Bertz CT molecular complexity index is 515. The first-order chi connectivity index (χ1) is 9.58. The molecule has 1 aliphatic heterocycles. The lowest BCUT2D eigenvalue weighted by Gasteiger charge is -2.23. The molecule has 2 rings (SSSR count). The van der Waals surface area contributed by atoms with Crippen LogP contribution in [0.4, 0.5) is 10.1 Å². The van der Waals surface area contributed by atoms with Crippen molar-refractivity contribution < 1.29 is 23.8 Å². The van der Waals surface area contributed by atoms with Gasteiger partial charge in [0.15, 0.2) is 0 Å². The summed E-state index contributed by atoms with van der Waals surface area (Å²) in [6, 6.07) is 3.62. The molecule has 1 heterocycles. The number of carbonyl (C=O) groups is 2. The molecular formula is C13H15FN2O4. The molecule has 1 atom stereocenters. The predicted octanol–water partition coefficient (Wildman–Crippen LogP) is 0.841. The van der Waals surface area contributed by atoms with Gasteiger partial charge in [0, 0.05) is 19.0 Å². The molecule has 0 spiro atoms. The molecule has 0 saturated carbocycles. The van der Waals surface area contributed by atoms with Gasteiger partial charge in [-0.05, 0) is 12.1 Å². The fraction of sp³-hybridized carbons (Fsp3) is 0.385. The molecule has 1 saturated heterocycles. The molecule has 0 radical (unpaired) electrons. The Kier molecular flexibility index (Phi) is 4.65. The number of hydrogen-bond donors (Lipinski definition) is 3. The van der Waals surface area contributed by atoms with Crippen molar-refractivity contribution >= 4 is 17.6 Å². The van der Waals surface area contributed by atoms with Crippen LogP contribution >= 0.6 is 0 Å². The molecule has 0 bridgehead atoms. The zero-order chi connectivity index (χ0) is 14.5. The van der Waals surface area contributed by atoms with E-state index in [0.29, 0.717) is 19.8 Å². The fourth-order valence-corrected chi connectivity index (χ4v) is 2.02. The number of hydrogen-bond acceptors (Lipinski definition) is 4. The number of carboxylic acids is 1. The number of benzene rings is 1. The second kappa shape index (κ2) is 6.44. The number of carboxylic acid groups (broad SMARTS) is 1. The highest BCUT2D eigenvalue weighted by molar-refractivity contribution is 6.00. The lowest BCUT2D eigenvalue weighted by molar-refractivity contribution is -0.117. The Morgan fingerprint density at radius 1 is 1.50 bits per heavy atom. The van der Waals surface area contributed by atoms with Gasteiger partial charge in [0.05, 0.1) is 18.9 Å². The molecule has 1 amide bonds. The first-order valence-corrected chi connectivity index (χ1v) is 6.20. The summed E-state index contributed by atoms with van der Waals surface area (Å²) < 4.78 is 18.7. The second-order valence-electron chi connectivity index (χ2n) is 4.45. The molecule has 1 aromatic rings. The number of morpholine rings is 1. The molecule has 108 valence electrons. The molecule has 6 nitrogen and oxygen atoms in total. The maximum absolute atomic E-state index is 13.4. The van der Waals surface area contributed by atoms with Crippen LogP contribution in [-0.2, 0) is 9.53 Å². The van der Waals surface area contributed by atoms with Crippen molar-refractivity contribution in [3.05, 3.63) is 29.6 Å². The molecule has 1 aromatic carbocycles. The number of amides is 1. The van der Waals surface area contributed by atoms with E-state index in [4.69, 9.17) is 9.84 Å². The van der Waals surface area contributed by atoms with E-state index in [-0.39, 0.29) is 24.1 Å². The van der Waals surface area contributed by atoms with Crippen LogP contribution in [0, 0.1) is 5.82 Å². The number of halogens is 1. The average molecular weight is 282 g/mol. The van der Waals surface area contributed by atoms with Crippen LogP contribution in [0.2, 0.25) is 0 Å². The first-order valence-electron chi connectivity index (χ1n) is 6.20. The Morgan fingerprint density at radius 2 is 2.30 bits per heavy atom. The van der Waals surface area contributed by atoms with E-state index in [9.17, 15) is 14.0 Å². The Balaban J connectivity index is 2.04. The average Bonchev–Trinajstić information content (AvgIpc) is 2.39. The van der Waals surface area contributed by atoms with Crippen molar-refractivity contribution in [2.45, 2.75) is 12.5 Å². The lowest BCUT2D eigenvalue weighted by Crippen LogP contribution is -2.43. The minimum Gasteiger partial charge on any atom is -0.478 e. The number of carbonyl (C=O) groups excluding carboxylic acids is 1. The van der Waals surface area contributed by atoms with Crippen LogP contribution in [0.25, 0.3) is 0 Å². The zero-order valence-electron chi connectivity index (χ0n) is 10.7. The number of ether oxygens (including phenoxy) is 1. The highest BCUT2D eigenvalue weighted by atomic mass is 19.1. The molecule has 1 aliphatic rings. The molecule has 1 fully saturated rings. The summed E-state index contributed by atoms with van der Waals surface area (Å²) in [5, 5.41) is 14.5. The van der Waals surface area contributed by atoms with Crippen LogP contribution in [0.15, 0.2) is 18.2 Å². The lowest BCUT2D eigenvalue weighted by atomic mass is 10.1. The van der Waals surface area contributed by atoms with Crippen molar-refractivity contribution in [1.82, 2.24) is 5.32 Å². The minimum atomic E-state index is -1.42. The van der Waals surface area contributed by atoms with Crippen molar-refractivity contribution in [3.63, 3.8) is 0 Å². The highest BCUT2D eigenvalue weighted by Crippen LogP contribution is 2.19. The van der Waals surface area contributed by atoms with Crippen LogP contribution in [0.1, 0.15) is 16.8 Å². The van der Waals surface area contributed by atoms with Gasteiger partial charge in [0.1, 0.15) is 11.4 Å². The third-order valence-corrected chi connectivity index (χ3v) is 2.93. The van der Waals surface area contributed by atoms with Crippen LogP contribution < -0.4 is 10.6 Å². The first kappa shape index (κ1) is 14.4. The van der Waals surface area contributed by atoms with Gasteiger partial charge in [-0.25, -0.2) is 9.18 Å². The highest BCUT2D eigenvalue weighted by Gasteiger charge is 2.20. The van der Waals surface area contributed by atoms with E-state index in [0.717, 1.165) is 6.07 Å². The second-order valence-corrected chi connectivity index (χ2v) is 4.45. The van der Waals surface area contributed by atoms with Gasteiger partial charge in [-0.15, -0.1) is 0 Å². The van der Waals surface area contributed by atoms with Crippen molar-refractivity contribution in [2.75, 3.05) is 25.1 Å². The summed E-state index contributed by atoms with van der Waals surface area (Å²) in [6.45, 7) is 1.69. The van der Waals surface area contributed by atoms with Crippen molar-refractivity contribution in [1.29, 1.82) is 0 Å². The van der Waals surface area contributed by atoms with E-state index in [1.807, 2.05) is 0 Å². The van der Waals surface area contributed by atoms with E-state index in [1.54, 1.807) is 0 Å².